The third-order valence-electron chi connectivity index (χ3n) is 6.27. The fourth-order valence-corrected chi connectivity index (χ4v) is 4.38. The summed E-state index contributed by atoms with van der Waals surface area (Å²) in [4.78, 5) is 28.8. The number of carbonyl (C=O) groups excluding carboxylic acids is 1. The molecule has 0 fully saturated rings. The molecule has 3 N–H and O–H groups in total. The van der Waals surface area contributed by atoms with Crippen molar-refractivity contribution in [2.24, 2.45) is 0 Å². The van der Waals surface area contributed by atoms with Crippen molar-refractivity contribution in [1.82, 2.24) is 19.9 Å². The maximum absolute atomic E-state index is 12.0. The van der Waals surface area contributed by atoms with Crippen LogP contribution < -0.4 is 10.6 Å². The zero-order valence-corrected chi connectivity index (χ0v) is 20.8. The molecule has 0 bridgehead atoms. The number of benzene rings is 3. The van der Waals surface area contributed by atoms with Crippen LogP contribution in [0.3, 0.4) is 0 Å². The smallest absolute Gasteiger partial charge is 0.337 e. The lowest BCUT2D eigenvalue weighted by Crippen LogP contribution is -2.01. The summed E-state index contributed by atoms with van der Waals surface area (Å²) in [7, 11) is 1.37. The number of nitrogens with one attached hydrogen (secondary N) is 3. The lowest BCUT2D eigenvalue weighted by Gasteiger charge is -2.11. The zero-order chi connectivity index (χ0) is 26.1. The second-order valence-corrected chi connectivity index (χ2v) is 8.91. The van der Waals surface area contributed by atoms with Crippen molar-refractivity contribution in [3.8, 4) is 11.4 Å². The molecule has 3 aromatic heterocycles. The van der Waals surface area contributed by atoms with Gasteiger partial charge in [0, 0.05) is 51.8 Å². The van der Waals surface area contributed by atoms with Crippen LogP contribution in [0.1, 0.15) is 16.1 Å². The Morgan fingerprint density at radius 2 is 1.55 bits per heavy atom. The minimum absolute atomic E-state index is 0.382. The number of hydrogen-bond acceptors (Lipinski definition) is 7. The molecule has 0 aliphatic heterocycles. The maximum atomic E-state index is 12.0. The molecular formula is C30H24N6O2. The molecule has 8 heteroatoms. The number of rotatable bonds is 6. The molecule has 3 aromatic carbocycles. The van der Waals surface area contributed by atoms with E-state index in [1.54, 1.807) is 24.5 Å². The molecule has 6 aromatic rings. The SMILES string of the molecule is COC(=O)c1ccc2nccc(Nc3ccc(-c4nc5ccc(Nc6ccnc(C)c6)cc5[nH]4)cc3)c2c1. The largest absolute Gasteiger partial charge is 0.465 e. The molecular weight excluding hydrogens is 476 g/mol. The van der Waals surface area contributed by atoms with Gasteiger partial charge in [-0.1, -0.05) is 0 Å². The number of anilines is 4. The number of methoxy groups -OCH3 is 1. The molecule has 0 aliphatic rings. The van der Waals surface area contributed by atoms with Gasteiger partial charge in [-0.05, 0) is 85.8 Å². The number of hydrogen-bond donors (Lipinski definition) is 3. The number of fused-ring (bicyclic) bond motifs is 2. The van der Waals surface area contributed by atoms with Crippen LogP contribution in [0.4, 0.5) is 22.7 Å². The maximum Gasteiger partial charge on any atom is 0.337 e. The van der Waals surface area contributed by atoms with Crippen LogP contribution in [0.25, 0.3) is 33.3 Å². The molecule has 0 unspecified atom stereocenters. The van der Waals surface area contributed by atoms with Crippen LogP contribution in [0.5, 0.6) is 0 Å². The minimum atomic E-state index is -0.382. The van der Waals surface area contributed by atoms with Crippen molar-refractivity contribution in [2.75, 3.05) is 17.7 Å². The number of aromatic amines is 1. The van der Waals surface area contributed by atoms with Crippen LogP contribution in [-0.2, 0) is 4.74 Å². The number of aryl methyl sites for hydroxylation is 1. The lowest BCUT2D eigenvalue weighted by atomic mass is 10.1. The van der Waals surface area contributed by atoms with Crippen molar-refractivity contribution in [1.29, 1.82) is 0 Å². The van der Waals surface area contributed by atoms with Crippen LogP contribution in [0.15, 0.2) is 91.3 Å². The van der Waals surface area contributed by atoms with Gasteiger partial charge in [0.1, 0.15) is 5.82 Å². The first-order valence-corrected chi connectivity index (χ1v) is 12.1. The summed E-state index contributed by atoms with van der Waals surface area (Å²) >= 11 is 0. The van der Waals surface area contributed by atoms with Gasteiger partial charge in [0.2, 0.25) is 0 Å². The Bertz CT molecular complexity index is 1790. The van der Waals surface area contributed by atoms with Crippen molar-refractivity contribution >= 4 is 50.7 Å². The van der Waals surface area contributed by atoms with Gasteiger partial charge in [0.15, 0.2) is 0 Å². The molecule has 8 nitrogen and oxygen atoms in total. The molecule has 0 amide bonds. The predicted molar refractivity (Wildman–Crippen MR) is 150 cm³/mol. The molecule has 3 heterocycles. The molecule has 0 radical (unpaired) electrons. The molecule has 0 atom stereocenters. The topological polar surface area (TPSA) is 105 Å². The van der Waals surface area contributed by atoms with Gasteiger partial charge >= 0.3 is 5.97 Å². The highest BCUT2D eigenvalue weighted by molar-refractivity contribution is 5.99. The van der Waals surface area contributed by atoms with Crippen LogP contribution in [0, 0.1) is 6.92 Å². The fourth-order valence-electron chi connectivity index (χ4n) is 4.38. The number of carbonyl (C=O) groups is 1. The second-order valence-electron chi connectivity index (χ2n) is 8.91. The monoisotopic (exact) mass is 500 g/mol. The van der Waals surface area contributed by atoms with E-state index in [0.29, 0.717) is 5.56 Å². The summed E-state index contributed by atoms with van der Waals surface area (Å²) < 4.78 is 4.86. The number of pyridine rings is 2. The van der Waals surface area contributed by atoms with Gasteiger partial charge in [-0.3, -0.25) is 9.97 Å². The van der Waals surface area contributed by atoms with E-state index in [2.05, 4.69) is 31.7 Å². The highest BCUT2D eigenvalue weighted by Gasteiger charge is 2.10. The third kappa shape index (κ3) is 4.62. The number of imidazole rings is 1. The lowest BCUT2D eigenvalue weighted by molar-refractivity contribution is 0.0601. The zero-order valence-electron chi connectivity index (χ0n) is 20.8. The normalized spacial score (nSPS) is 11.0. The third-order valence-corrected chi connectivity index (χ3v) is 6.27. The van der Waals surface area contributed by atoms with Gasteiger partial charge in [0.05, 0.1) is 29.2 Å². The Morgan fingerprint density at radius 1 is 0.789 bits per heavy atom. The molecule has 38 heavy (non-hydrogen) atoms. The Kier molecular flexibility index (Phi) is 5.89. The Balaban J connectivity index is 1.23. The van der Waals surface area contributed by atoms with E-state index < -0.39 is 0 Å². The molecule has 0 spiro atoms. The van der Waals surface area contributed by atoms with E-state index in [1.165, 1.54) is 7.11 Å². The summed E-state index contributed by atoms with van der Waals surface area (Å²) in [6, 6.07) is 25.2. The van der Waals surface area contributed by atoms with E-state index in [1.807, 2.05) is 67.6 Å². The van der Waals surface area contributed by atoms with Gasteiger partial charge in [-0.25, -0.2) is 9.78 Å². The van der Waals surface area contributed by atoms with Crippen molar-refractivity contribution in [2.45, 2.75) is 6.92 Å². The van der Waals surface area contributed by atoms with Gasteiger partial charge in [-0.2, -0.15) is 0 Å². The van der Waals surface area contributed by atoms with Crippen LogP contribution in [0.2, 0.25) is 0 Å². The van der Waals surface area contributed by atoms with Gasteiger partial charge < -0.3 is 20.4 Å². The Hall–Kier alpha value is -5.24. The van der Waals surface area contributed by atoms with E-state index in [0.717, 1.165) is 61.8 Å². The van der Waals surface area contributed by atoms with E-state index >= 15 is 0 Å². The highest BCUT2D eigenvalue weighted by atomic mass is 16.5. The van der Waals surface area contributed by atoms with Crippen molar-refractivity contribution in [3.63, 3.8) is 0 Å². The number of aromatic nitrogens is 4. The number of nitrogens with zero attached hydrogens (tertiary/aromatic N) is 3. The predicted octanol–water partition coefficient (Wildman–Crippen LogP) is 6.76. The Morgan fingerprint density at radius 3 is 2.37 bits per heavy atom. The number of H-pyrrole nitrogens is 1. The average molecular weight is 501 g/mol. The highest BCUT2D eigenvalue weighted by Crippen LogP contribution is 2.29. The minimum Gasteiger partial charge on any atom is -0.465 e. The Labute approximate surface area is 218 Å². The van der Waals surface area contributed by atoms with Gasteiger partial charge in [0.25, 0.3) is 0 Å². The molecule has 0 saturated heterocycles. The van der Waals surface area contributed by atoms with Crippen LogP contribution in [-0.4, -0.2) is 33.0 Å². The number of ether oxygens (including phenoxy) is 1. The summed E-state index contributed by atoms with van der Waals surface area (Å²) in [6.45, 7) is 1.97. The van der Waals surface area contributed by atoms with Crippen LogP contribution >= 0.6 is 0 Å². The number of esters is 1. The van der Waals surface area contributed by atoms with E-state index in [-0.39, 0.29) is 5.97 Å². The van der Waals surface area contributed by atoms with Gasteiger partial charge in [-0.15, -0.1) is 0 Å². The molecule has 186 valence electrons. The quantitative estimate of drug-likeness (QED) is 0.217. The van der Waals surface area contributed by atoms with E-state index in [4.69, 9.17) is 9.72 Å². The second kappa shape index (κ2) is 9.67. The summed E-state index contributed by atoms with van der Waals surface area (Å²) in [5.74, 6) is 0.410. The molecule has 0 aliphatic carbocycles. The average Bonchev–Trinajstić information content (AvgIpc) is 3.36. The van der Waals surface area contributed by atoms with Crippen molar-refractivity contribution < 1.29 is 9.53 Å². The fraction of sp³-hybridized carbons (Fsp3) is 0.0667. The first kappa shape index (κ1) is 23.2. The first-order valence-electron chi connectivity index (χ1n) is 12.1. The standard InChI is InChI=1S/C30H24N6O2/c1-18-15-23(11-13-31-18)33-22-8-10-27-28(17-22)36-29(35-27)19-3-6-21(7-4-19)34-26-12-14-32-25-9-5-20(16-24(25)26)30(37)38-2/h3-17H,1-2H3,(H,31,33)(H,32,34)(H,35,36). The molecule has 6 rings (SSSR count). The van der Waals surface area contributed by atoms with Crippen molar-refractivity contribution in [3.05, 3.63) is 103 Å². The first-order chi connectivity index (χ1) is 18.6. The molecule has 0 saturated carbocycles. The van der Waals surface area contributed by atoms with E-state index in [9.17, 15) is 4.79 Å². The summed E-state index contributed by atoms with van der Waals surface area (Å²) in [5, 5.41) is 7.69. The summed E-state index contributed by atoms with van der Waals surface area (Å²) in [5.41, 5.74) is 8.74. The summed E-state index contributed by atoms with van der Waals surface area (Å²) in [6.07, 6.45) is 3.53.